The van der Waals surface area contributed by atoms with E-state index < -0.39 is 5.60 Å². The minimum atomic E-state index is -1.06. The van der Waals surface area contributed by atoms with Crippen LogP contribution in [0, 0.1) is 17.8 Å². The second-order valence-corrected chi connectivity index (χ2v) is 6.44. The van der Waals surface area contributed by atoms with Gasteiger partial charge in [-0.1, -0.05) is 32.9 Å². The Balaban J connectivity index is 2.20. The average Bonchev–Trinajstić information content (AvgIpc) is 2.46. The highest BCUT2D eigenvalue weighted by Crippen LogP contribution is 2.44. The summed E-state index contributed by atoms with van der Waals surface area (Å²) in [6.07, 6.45) is 4.92. The van der Waals surface area contributed by atoms with Gasteiger partial charge in [-0.15, -0.1) is 0 Å². The zero-order chi connectivity index (χ0) is 13.5. The van der Waals surface area contributed by atoms with Crippen molar-refractivity contribution >= 4 is 5.78 Å². The number of hydrogen-bond donors (Lipinski definition) is 1. The molecule has 2 rings (SSSR count). The Morgan fingerprint density at radius 3 is 2.78 bits per heavy atom. The molecule has 0 aromatic carbocycles. The van der Waals surface area contributed by atoms with Gasteiger partial charge < -0.3 is 9.84 Å². The molecule has 0 bridgehead atoms. The maximum atomic E-state index is 12.1. The molecule has 2 aliphatic rings. The van der Waals surface area contributed by atoms with Gasteiger partial charge in [-0.05, 0) is 25.2 Å². The first-order chi connectivity index (χ1) is 8.32. The summed E-state index contributed by atoms with van der Waals surface area (Å²) >= 11 is 0. The van der Waals surface area contributed by atoms with Gasteiger partial charge in [-0.25, -0.2) is 0 Å². The molecule has 0 aromatic rings. The lowest BCUT2D eigenvalue weighted by atomic mass is 9.72. The Kier molecular flexibility index (Phi) is 3.65. The minimum absolute atomic E-state index is 0.113. The van der Waals surface area contributed by atoms with Gasteiger partial charge in [0.05, 0.1) is 12.0 Å². The third-order valence-electron chi connectivity index (χ3n) is 4.10. The van der Waals surface area contributed by atoms with Crippen molar-refractivity contribution in [2.75, 3.05) is 0 Å². The molecule has 0 spiro atoms. The SMILES string of the molecule is CC(C)/C=C/[C@H]1O[C@H]2C[C@@H](C)CC(=O)[C@H]2[C@@]1(C)O. The molecular weight excluding hydrogens is 228 g/mol. The molecule has 1 aliphatic heterocycles. The maximum Gasteiger partial charge on any atom is 0.141 e. The van der Waals surface area contributed by atoms with Gasteiger partial charge in [0, 0.05) is 6.42 Å². The third kappa shape index (κ3) is 2.39. The fraction of sp³-hybridized carbons (Fsp3) is 0.800. The molecule has 5 atom stereocenters. The number of aliphatic hydroxyl groups is 1. The van der Waals surface area contributed by atoms with E-state index in [-0.39, 0.29) is 23.9 Å². The summed E-state index contributed by atoms with van der Waals surface area (Å²) < 4.78 is 5.91. The van der Waals surface area contributed by atoms with Crippen LogP contribution in [0.2, 0.25) is 0 Å². The van der Waals surface area contributed by atoms with Gasteiger partial charge >= 0.3 is 0 Å². The third-order valence-corrected chi connectivity index (χ3v) is 4.10. The molecule has 1 N–H and O–H groups in total. The maximum absolute atomic E-state index is 12.1. The number of rotatable bonds is 2. The van der Waals surface area contributed by atoms with Crippen LogP contribution in [0.1, 0.15) is 40.5 Å². The highest BCUT2D eigenvalue weighted by atomic mass is 16.5. The Morgan fingerprint density at radius 2 is 2.17 bits per heavy atom. The topological polar surface area (TPSA) is 46.5 Å². The molecule has 0 radical (unpaired) electrons. The molecule has 18 heavy (non-hydrogen) atoms. The van der Waals surface area contributed by atoms with E-state index in [9.17, 15) is 9.90 Å². The van der Waals surface area contributed by atoms with Crippen LogP contribution in [-0.2, 0) is 9.53 Å². The van der Waals surface area contributed by atoms with Crippen LogP contribution in [0.4, 0.5) is 0 Å². The van der Waals surface area contributed by atoms with E-state index in [0.717, 1.165) is 6.42 Å². The Labute approximate surface area is 109 Å². The van der Waals surface area contributed by atoms with Crippen molar-refractivity contribution in [3.05, 3.63) is 12.2 Å². The van der Waals surface area contributed by atoms with Gasteiger partial charge in [0.2, 0.25) is 0 Å². The van der Waals surface area contributed by atoms with Gasteiger partial charge in [0.25, 0.3) is 0 Å². The van der Waals surface area contributed by atoms with Crippen molar-refractivity contribution < 1.29 is 14.6 Å². The Bertz CT molecular complexity index is 357. The molecule has 0 aromatic heterocycles. The molecule has 102 valence electrons. The lowest BCUT2D eigenvalue weighted by Gasteiger charge is -2.32. The number of ketones is 1. The quantitative estimate of drug-likeness (QED) is 0.767. The lowest BCUT2D eigenvalue weighted by Crippen LogP contribution is -2.47. The summed E-state index contributed by atoms with van der Waals surface area (Å²) in [5, 5.41) is 10.6. The zero-order valence-corrected chi connectivity index (χ0v) is 11.7. The average molecular weight is 252 g/mol. The lowest BCUT2D eigenvalue weighted by molar-refractivity contribution is -0.134. The monoisotopic (exact) mass is 252 g/mol. The fourth-order valence-corrected chi connectivity index (χ4v) is 3.20. The number of fused-ring (bicyclic) bond motifs is 1. The van der Waals surface area contributed by atoms with Crippen molar-refractivity contribution in [3.63, 3.8) is 0 Å². The fourth-order valence-electron chi connectivity index (χ4n) is 3.20. The minimum Gasteiger partial charge on any atom is -0.386 e. The molecule has 1 saturated carbocycles. The van der Waals surface area contributed by atoms with Gasteiger partial charge in [-0.2, -0.15) is 0 Å². The van der Waals surface area contributed by atoms with E-state index in [1.165, 1.54) is 0 Å². The molecule has 0 amide bonds. The largest absolute Gasteiger partial charge is 0.386 e. The first kappa shape index (κ1) is 13.8. The summed E-state index contributed by atoms with van der Waals surface area (Å²) in [5.74, 6) is 0.587. The predicted octanol–water partition coefficient (Wildman–Crippen LogP) is 2.33. The Hall–Kier alpha value is -0.670. The molecule has 1 heterocycles. The van der Waals surface area contributed by atoms with E-state index in [1.807, 2.05) is 12.2 Å². The highest BCUT2D eigenvalue weighted by Gasteiger charge is 2.56. The molecule has 0 unspecified atom stereocenters. The van der Waals surface area contributed by atoms with Crippen molar-refractivity contribution in [1.82, 2.24) is 0 Å². The van der Waals surface area contributed by atoms with Crippen LogP contribution in [0.3, 0.4) is 0 Å². The molecule has 2 fully saturated rings. The van der Waals surface area contributed by atoms with Crippen molar-refractivity contribution in [2.24, 2.45) is 17.8 Å². The van der Waals surface area contributed by atoms with Gasteiger partial charge in [0.15, 0.2) is 0 Å². The van der Waals surface area contributed by atoms with Crippen molar-refractivity contribution in [3.8, 4) is 0 Å². The first-order valence-electron chi connectivity index (χ1n) is 6.91. The van der Waals surface area contributed by atoms with E-state index in [1.54, 1.807) is 6.92 Å². The molecule has 3 nitrogen and oxygen atoms in total. The predicted molar refractivity (Wildman–Crippen MR) is 70.2 cm³/mol. The standard InChI is InChI=1S/C15H24O3/c1-9(2)5-6-13-15(4,17)14-11(16)7-10(3)8-12(14)18-13/h5-6,9-10,12-14,17H,7-8H2,1-4H3/b6-5+/t10-,12-,13+,14+,15-/m0/s1. The number of allylic oxidation sites excluding steroid dienone is 1. The number of carbonyl (C=O) groups excluding carboxylic acids is 1. The Morgan fingerprint density at radius 1 is 1.50 bits per heavy atom. The number of hydrogen-bond acceptors (Lipinski definition) is 3. The van der Waals surface area contributed by atoms with Crippen LogP contribution in [-0.4, -0.2) is 28.7 Å². The molecule has 1 saturated heterocycles. The van der Waals surface area contributed by atoms with Crippen LogP contribution in [0.5, 0.6) is 0 Å². The van der Waals surface area contributed by atoms with Crippen LogP contribution >= 0.6 is 0 Å². The molecule has 3 heteroatoms. The molecular formula is C15H24O3. The molecule has 1 aliphatic carbocycles. The van der Waals surface area contributed by atoms with E-state index in [4.69, 9.17) is 4.74 Å². The van der Waals surface area contributed by atoms with Gasteiger partial charge in [0.1, 0.15) is 17.5 Å². The van der Waals surface area contributed by atoms with Crippen LogP contribution < -0.4 is 0 Å². The smallest absolute Gasteiger partial charge is 0.141 e. The number of ether oxygens (including phenoxy) is 1. The van der Waals surface area contributed by atoms with Gasteiger partial charge in [-0.3, -0.25) is 4.79 Å². The number of Topliss-reactive ketones (excluding diaryl/α,β-unsaturated/α-hetero) is 1. The zero-order valence-electron chi connectivity index (χ0n) is 11.7. The summed E-state index contributed by atoms with van der Waals surface area (Å²) in [4.78, 5) is 12.1. The summed E-state index contributed by atoms with van der Waals surface area (Å²) in [6, 6.07) is 0. The van der Waals surface area contributed by atoms with Crippen LogP contribution in [0.25, 0.3) is 0 Å². The summed E-state index contributed by atoms with van der Waals surface area (Å²) in [6.45, 7) is 7.98. The summed E-state index contributed by atoms with van der Waals surface area (Å²) in [7, 11) is 0. The van der Waals surface area contributed by atoms with E-state index in [0.29, 0.717) is 18.3 Å². The normalized spacial score (nSPS) is 44.9. The first-order valence-corrected chi connectivity index (χ1v) is 6.91. The second kappa shape index (κ2) is 4.78. The number of carbonyl (C=O) groups is 1. The van der Waals surface area contributed by atoms with E-state index in [2.05, 4.69) is 20.8 Å². The second-order valence-electron chi connectivity index (χ2n) is 6.44. The highest BCUT2D eigenvalue weighted by molar-refractivity contribution is 5.84. The van der Waals surface area contributed by atoms with Crippen LogP contribution in [0.15, 0.2) is 12.2 Å². The van der Waals surface area contributed by atoms with E-state index >= 15 is 0 Å². The van der Waals surface area contributed by atoms with Crippen molar-refractivity contribution in [1.29, 1.82) is 0 Å². The van der Waals surface area contributed by atoms with Crippen molar-refractivity contribution in [2.45, 2.75) is 58.3 Å². The summed E-state index contributed by atoms with van der Waals surface area (Å²) in [5.41, 5.74) is -1.06.